The first-order valence-electron chi connectivity index (χ1n) is 9.52. The first-order valence-corrected chi connectivity index (χ1v) is 11.7. The second-order valence-corrected chi connectivity index (χ2v) is 9.03. The molecular weight excluding hydrogens is 505 g/mol. The van der Waals surface area contributed by atoms with Gasteiger partial charge >= 0.3 is 0 Å². The van der Waals surface area contributed by atoms with Crippen molar-refractivity contribution in [3.05, 3.63) is 70.5 Å². The van der Waals surface area contributed by atoms with E-state index in [9.17, 15) is 18.1 Å². The lowest BCUT2D eigenvalue weighted by atomic mass is 10.0. The van der Waals surface area contributed by atoms with Crippen LogP contribution in [-0.4, -0.2) is 40.1 Å². The highest BCUT2D eigenvalue weighted by molar-refractivity contribution is 7.86. The average Bonchev–Trinajstić information content (AvgIpc) is 2.77. The number of phenolic OH excluding ortho intramolecular Hbond substituents is 1. The van der Waals surface area contributed by atoms with Gasteiger partial charge in [-0.25, -0.2) is 9.97 Å². The van der Waals surface area contributed by atoms with Crippen LogP contribution < -0.4 is 4.74 Å². The Morgan fingerprint density at radius 1 is 0.971 bits per heavy atom. The number of aromatic nitrogens is 3. The van der Waals surface area contributed by atoms with Gasteiger partial charge in [0.05, 0.1) is 12.8 Å². The van der Waals surface area contributed by atoms with E-state index in [1.165, 1.54) is 13.2 Å². The first-order chi connectivity index (χ1) is 16.1. The lowest BCUT2D eigenvalue weighted by Gasteiger charge is -2.10. The van der Waals surface area contributed by atoms with E-state index < -0.39 is 26.5 Å². The topological polar surface area (TPSA) is 147 Å². The molecule has 13 heteroatoms. The Kier molecular flexibility index (Phi) is 6.62. The molecule has 0 bridgehead atoms. The van der Waals surface area contributed by atoms with E-state index in [1.54, 1.807) is 42.5 Å². The molecule has 4 aromatic rings. The molecule has 3 aromatic carbocycles. The number of rotatable bonds is 6. The van der Waals surface area contributed by atoms with Gasteiger partial charge in [0, 0.05) is 11.8 Å². The van der Waals surface area contributed by atoms with Gasteiger partial charge in [-0.15, -0.1) is 5.11 Å². The van der Waals surface area contributed by atoms with Crippen molar-refractivity contribution in [2.75, 3.05) is 7.11 Å². The van der Waals surface area contributed by atoms with Gasteiger partial charge in [-0.3, -0.25) is 4.55 Å². The molecule has 0 saturated carbocycles. The highest BCUT2D eigenvalue weighted by atomic mass is 35.5. The number of phenols is 1. The summed E-state index contributed by atoms with van der Waals surface area (Å²) in [4.78, 5) is 11.1. The van der Waals surface area contributed by atoms with E-state index in [2.05, 4.69) is 25.2 Å². The minimum atomic E-state index is -4.75. The number of ether oxygens (including phenoxy) is 1. The fourth-order valence-electron chi connectivity index (χ4n) is 3.19. The highest BCUT2D eigenvalue weighted by Gasteiger charge is 2.22. The van der Waals surface area contributed by atoms with Gasteiger partial charge in [-0.2, -0.15) is 18.5 Å². The van der Waals surface area contributed by atoms with Crippen LogP contribution in [0.4, 0.5) is 11.4 Å². The predicted molar refractivity (Wildman–Crippen MR) is 125 cm³/mol. The van der Waals surface area contributed by atoms with Crippen LogP contribution in [0.1, 0.15) is 11.4 Å². The zero-order valence-electron chi connectivity index (χ0n) is 17.3. The molecule has 0 radical (unpaired) electrons. The normalized spacial score (nSPS) is 11.9. The molecule has 0 fully saturated rings. The standard InChI is InChI=1S/C21H15Cl2N5O5S/c1-33-14-5-3-13(4-6-14)27-28-18-16(34(30,31)32)10-12-8-11(2-7-15(12)19(18)29)9-17-24-20(22)26-21(23)25-17/h2-8,10,29H,9H2,1H3,(H,30,31,32). The number of methoxy groups -OCH3 is 1. The van der Waals surface area contributed by atoms with Gasteiger partial charge in [0.2, 0.25) is 10.6 Å². The summed E-state index contributed by atoms with van der Waals surface area (Å²) < 4.78 is 39.0. The molecule has 2 N–H and O–H groups in total. The van der Waals surface area contributed by atoms with Gasteiger partial charge < -0.3 is 9.84 Å². The molecule has 0 aliphatic heterocycles. The van der Waals surface area contributed by atoms with Crippen LogP contribution in [0, 0.1) is 0 Å². The van der Waals surface area contributed by atoms with Crippen molar-refractivity contribution in [1.29, 1.82) is 0 Å². The molecular formula is C21H15Cl2N5O5S. The maximum atomic E-state index is 12.1. The van der Waals surface area contributed by atoms with Crippen molar-refractivity contribution in [1.82, 2.24) is 15.0 Å². The monoisotopic (exact) mass is 519 g/mol. The molecule has 34 heavy (non-hydrogen) atoms. The van der Waals surface area contributed by atoms with Gasteiger partial charge in [-0.05, 0) is 64.5 Å². The third-order valence-electron chi connectivity index (χ3n) is 4.72. The molecule has 10 nitrogen and oxygen atoms in total. The second-order valence-electron chi connectivity index (χ2n) is 6.97. The maximum Gasteiger partial charge on any atom is 0.296 e. The summed E-state index contributed by atoms with van der Waals surface area (Å²) >= 11 is 11.6. The van der Waals surface area contributed by atoms with Gasteiger partial charge in [0.15, 0.2) is 5.75 Å². The molecule has 0 aliphatic rings. The molecule has 0 atom stereocenters. The maximum absolute atomic E-state index is 12.1. The molecule has 0 amide bonds. The van der Waals surface area contributed by atoms with Crippen LogP contribution in [0.2, 0.25) is 10.6 Å². The van der Waals surface area contributed by atoms with E-state index in [-0.39, 0.29) is 17.0 Å². The summed E-state index contributed by atoms with van der Waals surface area (Å²) in [5.74, 6) is 0.442. The van der Waals surface area contributed by atoms with E-state index in [0.717, 1.165) is 0 Å². The van der Waals surface area contributed by atoms with Crippen LogP contribution in [0.15, 0.2) is 63.7 Å². The van der Waals surface area contributed by atoms with E-state index >= 15 is 0 Å². The number of benzene rings is 3. The van der Waals surface area contributed by atoms with Crippen molar-refractivity contribution >= 4 is 55.5 Å². The SMILES string of the molecule is COc1ccc(N=Nc2c(S(=O)(=O)O)cc3cc(Cc4nc(Cl)nc(Cl)n4)ccc3c2O)cc1. The van der Waals surface area contributed by atoms with Crippen LogP contribution >= 0.6 is 23.2 Å². The lowest BCUT2D eigenvalue weighted by molar-refractivity contribution is 0.415. The summed E-state index contributed by atoms with van der Waals surface area (Å²) in [5, 5.41) is 19.2. The van der Waals surface area contributed by atoms with Crippen molar-refractivity contribution < 1.29 is 22.8 Å². The Morgan fingerprint density at radius 2 is 1.65 bits per heavy atom. The quantitative estimate of drug-likeness (QED) is 0.257. The third-order valence-corrected chi connectivity index (χ3v) is 5.93. The van der Waals surface area contributed by atoms with E-state index in [1.807, 2.05) is 0 Å². The van der Waals surface area contributed by atoms with Crippen molar-refractivity contribution in [3.8, 4) is 11.5 Å². The summed E-state index contributed by atoms with van der Waals surface area (Å²) in [5.41, 5.74) is 0.653. The Balaban J connectivity index is 1.78. The fraction of sp³-hybridized carbons (Fsp3) is 0.0952. The second kappa shape index (κ2) is 9.47. The zero-order valence-corrected chi connectivity index (χ0v) is 19.7. The van der Waals surface area contributed by atoms with Crippen molar-refractivity contribution in [2.24, 2.45) is 10.2 Å². The van der Waals surface area contributed by atoms with Crippen LogP contribution in [0.25, 0.3) is 10.8 Å². The molecule has 0 spiro atoms. The minimum absolute atomic E-state index is 0.0612. The van der Waals surface area contributed by atoms with Crippen LogP contribution in [-0.2, 0) is 16.5 Å². The number of nitrogens with zero attached hydrogens (tertiary/aromatic N) is 5. The Bertz CT molecular complexity index is 1510. The number of hydrogen-bond donors (Lipinski definition) is 2. The molecule has 4 rings (SSSR count). The Morgan fingerprint density at radius 3 is 2.26 bits per heavy atom. The molecule has 0 unspecified atom stereocenters. The average molecular weight is 520 g/mol. The smallest absolute Gasteiger partial charge is 0.296 e. The third kappa shape index (κ3) is 5.23. The zero-order chi connectivity index (χ0) is 24.5. The molecule has 0 saturated heterocycles. The Hall–Kier alpha value is -3.38. The Labute approximate surface area is 203 Å². The summed E-state index contributed by atoms with van der Waals surface area (Å²) in [7, 11) is -3.23. The number of halogens is 2. The van der Waals surface area contributed by atoms with E-state index in [0.29, 0.717) is 33.6 Å². The van der Waals surface area contributed by atoms with E-state index in [4.69, 9.17) is 27.9 Å². The highest BCUT2D eigenvalue weighted by Crippen LogP contribution is 2.41. The summed E-state index contributed by atoms with van der Waals surface area (Å²) in [6.45, 7) is 0. The van der Waals surface area contributed by atoms with Crippen LogP contribution in [0.3, 0.4) is 0 Å². The number of hydrogen-bond acceptors (Lipinski definition) is 9. The van der Waals surface area contributed by atoms with Gasteiger partial charge in [-0.1, -0.05) is 18.2 Å². The fourth-order valence-corrected chi connectivity index (χ4v) is 4.24. The largest absolute Gasteiger partial charge is 0.505 e. The number of azo groups is 1. The summed E-state index contributed by atoms with van der Waals surface area (Å²) in [6, 6.07) is 12.6. The minimum Gasteiger partial charge on any atom is -0.505 e. The number of fused-ring (bicyclic) bond motifs is 1. The van der Waals surface area contributed by atoms with Crippen molar-refractivity contribution in [2.45, 2.75) is 11.3 Å². The molecule has 1 heterocycles. The van der Waals surface area contributed by atoms with Crippen molar-refractivity contribution in [3.63, 3.8) is 0 Å². The molecule has 1 aromatic heterocycles. The number of aromatic hydroxyl groups is 1. The summed E-state index contributed by atoms with van der Waals surface area (Å²) in [6.07, 6.45) is 0.207. The predicted octanol–water partition coefficient (Wildman–Crippen LogP) is 5.30. The van der Waals surface area contributed by atoms with Gasteiger partial charge in [0.1, 0.15) is 22.2 Å². The lowest BCUT2D eigenvalue weighted by Crippen LogP contribution is -2.01. The van der Waals surface area contributed by atoms with Gasteiger partial charge in [0.25, 0.3) is 10.1 Å². The van der Waals surface area contributed by atoms with Crippen LogP contribution in [0.5, 0.6) is 11.5 Å². The first kappa shape index (κ1) is 23.8. The molecule has 174 valence electrons. The molecule has 0 aliphatic carbocycles.